The van der Waals surface area contributed by atoms with Gasteiger partial charge in [-0.2, -0.15) is 17.5 Å². The Kier molecular flexibility index (Phi) is 7.51. The molecule has 1 heterocycles. The van der Waals surface area contributed by atoms with Crippen LogP contribution in [0.5, 0.6) is 0 Å². The number of carbonyl (C=O) groups excluding carboxylic acids is 1. The van der Waals surface area contributed by atoms with Crippen molar-refractivity contribution in [1.29, 1.82) is 0 Å². The van der Waals surface area contributed by atoms with Crippen LogP contribution >= 0.6 is 15.9 Å². The third-order valence-corrected chi connectivity index (χ3v) is 6.95. The van der Waals surface area contributed by atoms with Crippen molar-refractivity contribution >= 4 is 37.5 Å². The van der Waals surface area contributed by atoms with Crippen molar-refractivity contribution < 1.29 is 26.4 Å². The first-order valence-corrected chi connectivity index (χ1v) is 12.5. The molecule has 0 N–H and O–H groups in total. The largest absolute Gasteiger partial charge is 0.416 e. The fourth-order valence-corrected chi connectivity index (χ4v) is 4.42. The van der Waals surface area contributed by atoms with Gasteiger partial charge in [0.15, 0.2) is 0 Å². The molecule has 2 aromatic rings. The highest BCUT2D eigenvalue weighted by Crippen LogP contribution is 2.31. The van der Waals surface area contributed by atoms with Gasteiger partial charge in [0.2, 0.25) is 15.9 Å². The normalized spacial score (nSPS) is 15.3. The number of hydrogen-bond donors (Lipinski definition) is 0. The number of piperazine rings is 1. The summed E-state index contributed by atoms with van der Waals surface area (Å²) in [4.78, 5) is 16.1. The standard InChI is InChI=1S/C21H23BrF3N3O3S/c1-32(30,31)28(14-16-5-7-18(22)8-6-16)15-20(29)27-11-9-26(10-12-27)19-4-2-3-17(13-19)21(23,24)25/h2-8,13H,9-12,14-15H2,1H3. The number of nitrogens with zero attached hydrogens (tertiary/aromatic N) is 3. The highest BCUT2D eigenvalue weighted by molar-refractivity contribution is 9.10. The number of benzene rings is 2. The lowest BCUT2D eigenvalue weighted by atomic mass is 10.1. The lowest BCUT2D eigenvalue weighted by Gasteiger charge is -2.37. The Morgan fingerprint density at radius 3 is 2.25 bits per heavy atom. The molecule has 0 spiro atoms. The molecule has 0 bridgehead atoms. The fourth-order valence-electron chi connectivity index (χ4n) is 3.43. The summed E-state index contributed by atoms with van der Waals surface area (Å²) in [7, 11) is -3.62. The van der Waals surface area contributed by atoms with Crippen LogP contribution in [0.4, 0.5) is 18.9 Å². The maximum absolute atomic E-state index is 13.0. The predicted molar refractivity (Wildman–Crippen MR) is 120 cm³/mol. The van der Waals surface area contributed by atoms with Crippen LogP contribution in [-0.2, 0) is 27.5 Å². The van der Waals surface area contributed by atoms with Crippen LogP contribution in [-0.4, -0.2) is 62.5 Å². The summed E-state index contributed by atoms with van der Waals surface area (Å²) in [5.41, 5.74) is 0.478. The van der Waals surface area contributed by atoms with Crippen LogP contribution in [0, 0.1) is 0 Å². The van der Waals surface area contributed by atoms with Gasteiger partial charge in [0.1, 0.15) is 0 Å². The van der Waals surface area contributed by atoms with Gasteiger partial charge in [-0.05, 0) is 35.9 Å². The number of rotatable bonds is 6. The van der Waals surface area contributed by atoms with E-state index in [2.05, 4.69) is 15.9 Å². The second-order valence-electron chi connectivity index (χ2n) is 7.57. The van der Waals surface area contributed by atoms with E-state index in [-0.39, 0.29) is 19.0 Å². The Morgan fingerprint density at radius 1 is 1.06 bits per heavy atom. The molecular formula is C21H23BrF3N3O3S. The highest BCUT2D eigenvalue weighted by Gasteiger charge is 2.31. The zero-order chi connectivity index (χ0) is 23.5. The number of alkyl halides is 3. The van der Waals surface area contributed by atoms with E-state index in [9.17, 15) is 26.4 Å². The SMILES string of the molecule is CS(=O)(=O)N(CC(=O)N1CCN(c2cccc(C(F)(F)F)c2)CC1)Cc1ccc(Br)cc1. The van der Waals surface area contributed by atoms with Crippen LogP contribution in [0.1, 0.15) is 11.1 Å². The van der Waals surface area contributed by atoms with Crippen molar-refractivity contribution in [3.8, 4) is 0 Å². The van der Waals surface area contributed by atoms with E-state index >= 15 is 0 Å². The van der Waals surface area contributed by atoms with E-state index in [1.54, 1.807) is 40.1 Å². The average molecular weight is 534 g/mol. The third kappa shape index (κ3) is 6.46. The van der Waals surface area contributed by atoms with E-state index in [1.807, 2.05) is 0 Å². The van der Waals surface area contributed by atoms with E-state index in [1.165, 1.54) is 6.07 Å². The Balaban J connectivity index is 1.62. The summed E-state index contributed by atoms with van der Waals surface area (Å²) >= 11 is 3.33. The minimum atomic E-state index is -4.42. The molecule has 0 aromatic heterocycles. The van der Waals surface area contributed by atoms with Crippen molar-refractivity contribution in [2.24, 2.45) is 0 Å². The van der Waals surface area contributed by atoms with Crippen LogP contribution in [0.2, 0.25) is 0 Å². The molecule has 1 fully saturated rings. The average Bonchev–Trinajstić information content (AvgIpc) is 2.73. The van der Waals surface area contributed by atoms with Gasteiger partial charge in [-0.3, -0.25) is 4.79 Å². The first kappa shape index (κ1) is 24.5. The van der Waals surface area contributed by atoms with Crippen molar-refractivity contribution in [1.82, 2.24) is 9.21 Å². The molecule has 174 valence electrons. The Bertz CT molecular complexity index is 1050. The third-order valence-electron chi connectivity index (χ3n) is 5.22. The zero-order valence-corrected chi connectivity index (χ0v) is 19.8. The molecule has 0 radical (unpaired) electrons. The second-order valence-corrected chi connectivity index (χ2v) is 10.5. The zero-order valence-electron chi connectivity index (χ0n) is 17.3. The maximum Gasteiger partial charge on any atom is 0.416 e. The quantitative estimate of drug-likeness (QED) is 0.569. The van der Waals surface area contributed by atoms with Gasteiger partial charge in [-0.25, -0.2) is 8.42 Å². The molecule has 2 aromatic carbocycles. The van der Waals surface area contributed by atoms with E-state index in [4.69, 9.17) is 0 Å². The summed E-state index contributed by atoms with van der Waals surface area (Å²) < 4.78 is 65.3. The molecule has 0 atom stereocenters. The first-order chi connectivity index (χ1) is 14.9. The van der Waals surface area contributed by atoms with Crippen LogP contribution in [0.15, 0.2) is 53.0 Å². The number of sulfonamides is 1. The van der Waals surface area contributed by atoms with Gasteiger partial charge < -0.3 is 9.80 Å². The molecular weight excluding hydrogens is 511 g/mol. The molecule has 0 unspecified atom stereocenters. The number of hydrogen-bond acceptors (Lipinski definition) is 4. The van der Waals surface area contributed by atoms with Gasteiger partial charge in [0, 0.05) is 42.9 Å². The molecule has 32 heavy (non-hydrogen) atoms. The smallest absolute Gasteiger partial charge is 0.368 e. The molecule has 3 rings (SSSR count). The minimum Gasteiger partial charge on any atom is -0.368 e. The first-order valence-electron chi connectivity index (χ1n) is 9.83. The molecule has 0 aliphatic carbocycles. The highest BCUT2D eigenvalue weighted by atomic mass is 79.9. The van der Waals surface area contributed by atoms with Crippen molar-refractivity contribution in [3.63, 3.8) is 0 Å². The summed E-state index contributed by atoms with van der Waals surface area (Å²) in [6.45, 7) is 1.09. The van der Waals surface area contributed by atoms with Crippen molar-refractivity contribution in [2.45, 2.75) is 12.7 Å². The van der Waals surface area contributed by atoms with Gasteiger partial charge in [-0.15, -0.1) is 0 Å². The summed E-state index contributed by atoms with van der Waals surface area (Å²) in [5.74, 6) is -0.337. The van der Waals surface area contributed by atoms with Gasteiger partial charge in [-0.1, -0.05) is 34.1 Å². The van der Waals surface area contributed by atoms with Gasteiger partial charge >= 0.3 is 6.18 Å². The Labute approximate surface area is 193 Å². The molecule has 1 aliphatic heterocycles. The summed E-state index contributed by atoms with van der Waals surface area (Å²) in [5, 5.41) is 0. The van der Waals surface area contributed by atoms with Crippen LogP contribution in [0.25, 0.3) is 0 Å². The molecule has 6 nitrogen and oxygen atoms in total. The molecule has 1 aliphatic rings. The van der Waals surface area contributed by atoms with Crippen molar-refractivity contribution in [3.05, 3.63) is 64.1 Å². The molecule has 11 heteroatoms. The lowest BCUT2D eigenvalue weighted by molar-refractivity contribution is -0.137. The number of halogens is 4. The van der Waals surface area contributed by atoms with Crippen LogP contribution in [0.3, 0.4) is 0 Å². The van der Waals surface area contributed by atoms with Crippen molar-refractivity contribution in [2.75, 3.05) is 43.9 Å². The predicted octanol–water partition coefficient (Wildman–Crippen LogP) is 3.58. The molecule has 0 saturated carbocycles. The Hall–Kier alpha value is -2.11. The fraction of sp³-hybridized carbons (Fsp3) is 0.381. The number of anilines is 1. The monoisotopic (exact) mass is 533 g/mol. The molecule has 1 amide bonds. The second kappa shape index (κ2) is 9.80. The minimum absolute atomic E-state index is 0.0715. The Morgan fingerprint density at radius 2 is 1.69 bits per heavy atom. The van der Waals surface area contributed by atoms with E-state index in [0.717, 1.165) is 32.7 Å². The summed E-state index contributed by atoms with van der Waals surface area (Å²) in [6.07, 6.45) is -3.36. The summed E-state index contributed by atoms with van der Waals surface area (Å²) in [6, 6.07) is 12.2. The van der Waals surface area contributed by atoms with Gasteiger partial charge in [0.25, 0.3) is 0 Å². The maximum atomic E-state index is 13.0. The van der Waals surface area contributed by atoms with Gasteiger partial charge in [0.05, 0.1) is 18.4 Å². The van der Waals surface area contributed by atoms with E-state index in [0.29, 0.717) is 31.9 Å². The van der Waals surface area contributed by atoms with E-state index < -0.39 is 21.8 Å². The number of amides is 1. The lowest BCUT2D eigenvalue weighted by Crippen LogP contribution is -2.51. The topological polar surface area (TPSA) is 60.9 Å². The van der Waals surface area contributed by atoms with Crippen LogP contribution < -0.4 is 4.90 Å². The molecule has 1 saturated heterocycles. The number of carbonyl (C=O) groups is 1.